The molecule has 0 unspecified atom stereocenters. The van der Waals surface area contributed by atoms with Gasteiger partial charge in [0.15, 0.2) is 0 Å². The molecule has 0 aromatic heterocycles. The number of anilines is 1. The molecule has 2 rings (SSSR count). The van der Waals surface area contributed by atoms with Crippen molar-refractivity contribution in [1.29, 1.82) is 0 Å². The Bertz CT molecular complexity index is 989. The van der Waals surface area contributed by atoms with Gasteiger partial charge in [0.05, 0.1) is 4.90 Å². The number of hydrogen-bond acceptors (Lipinski definition) is 4. The Labute approximate surface area is 162 Å². The number of nitrogens with one attached hydrogen (secondary N) is 1. The molecule has 150 valence electrons. The molecule has 0 radical (unpaired) electrons. The molecule has 0 fully saturated rings. The minimum Gasteiger partial charge on any atom is -0.434 e. The Morgan fingerprint density at radius 2 is 1.86 bits per heavy atom. The molecule has 6 nitrogen and oxygen atoms in total. The van der Waals surface area contributed by atoms with Gasteiger partial charge in [-0.25, -0.2) is 12.7 Å². The van der Waals surface area contributed by atoms with E-state index in [4.69, 9.17) is 0 Å². The molecule has 2 aromatic carbocycles. The lowest BCUT2D eigenvalue weighted by atomic mass is 10.2. The third-order valence-corrected chi connectivity index (χ3v) is 5.72. The molecular formula is C19H20F2N2O4S. The van der Waals surface area contributed by atoms with Gasteiger partial charge < -0.3 is 10.1 Å². The van der Waals surface area contributed by atoms with Crippen LogP contribution in [0.25, 0.3) is 6.08 Å². The second kappa shape index (κ2) is 8.94. The first-order valence-electron chi connectivity index (χ1n) is 8.17. The predicted octanol–water partition coefficient (Wildman–Crippen LogP) is 3.50. The third kappa shape index (κ3) is 5.37. The number of para-hydroxylation sites is 1. The second-order valence-corrected chi connectivity index (χ2v) is 8.13. The Hall–Kier alpha value is -2.78. The molecule has 0 saturated carbocycles. The van der Waals surface area contributed by atoms with Crippen molar-refractivity contribution < 1.29 is 26.7 Å². The number of nitrogens with zero attached hydrogens (tertiary/aromatic N) is 1. The maximum absolute atomic E-state index is 12.4. The smallest absolute Gasteiger partial charge is 0.387 e. The highest BCUT2D eigenvalue weighted by atomic mass is 32.2. The number of carbonyl (C=O) groups is 1. The number of aryl methyl sites for hydroxylation is 1. The zero-order valence-corrected chi connectivity index (χ0v) is 16.3. The second-order valence-electron chi connectivity index (χ2n) is 6.01. The number of amides is 1. The lowest BCUT2D eigenvalue weighted by Gasteiger charge is -2.14. The summed E-state index contributed by atoms with van der Waals surface area (Å²) < 4.78 is 55.0. The third-order valence-electron chi connectivity index (χ3n) is 3.76. The van der Waals surface area contributed by atoms with Crippen molar-refractivity contribution >= 4 is 27.7 Å². The van der Waals surface area contributed by atoms with Crippen LogP contribution in [0.15, 0.2) is 53.4 Å². The van der Waals surface area contributed by atoms with E-state index in [9.17, 15) is 22.0 Å². The molecule has 0 aliphatic rings. The molecule has 0 aliphatic carbocycles. The lowest BCUT2D eigenvalue weighted by Crippen LogP contribution is -2.23. The van der Waals surface area contributed by atoms with Crippen LogP contribution in [0.1, 0.15) is 11.1 Å². The van der Waals surface area contributed by atoms with Gasteiger partial charge in [0, 0.05) is 31.4 Å². The quantitative estimate of drug-likeness (QED) is 0.709. The summed E-state index contributed by atoms with van der Waals surface area (Å²) in [5.41, 5.74) is 1.14. The zero-order valence-electron chi connectivity index (χ0n) is 15.5. The van der Waals surface area contributed by atoms with Crippen molar-refractivity contribution in [1.82, 2.24) is 4.31 Å². The Morgan fingerprint density at radius 3 is 2.50 bits per heavy atom. The summed E-state index contributed by atoms with van der Waals surface area (Å²) in [6.07, 6.45) is 2.48. The first kappa shape index (κ1) is 21.5. The van der Waals surface area contributed by atoms with E-state index in [1.54, 1.807) is 25.1 Å². The van der Waals surface area contributed by atoms with Gasteiger partial charge in [-0.15, -0.1) is 0 Å². The summed E-state index contributed by atoms with van der Waals surface area (Å²) in [6, 6.07) is 10.6. The maximum Gasteiger partial charge on any atom is 0.387 e. The van der Waals surface area contributed by atoms with Gasteiger partial charge in [0.2, 0.25) is 15.9 Å². The van der Waals surface area contributed by atoms with Crippen molar-refractivity contribution in [2.75, 3.05) is 19.4 Å². The lowest BCUT2D eigenvalue weighted by molar-refractivity contribution is -0.111. The number of benzene rings is 2. The largest absolute Gasteiger partial charge is 0.434 e. The molecule has 0 heterocycles. The fraction of sp³-hybridized carbons (Fsp3) is 0.211. The molecular weight excluding hydrogens is 390 g/mol. The molecule has 1 amide bonds. The van der Waals surface area contributed by atoms with E-state index in [1.165, 1.54) is 44.4 Å². The summed E-state index contributed by atoms with van der Waals surface area (Å²) >= 11 is 0. The fourth-order valence-electron chi connectivity index (χ4n) is 2.32. The molecule has 0 bridgehead atoms. The molecule has 0 aliphatic heterocycles. The fourth-order valence-corrected chi connectivity index (χ4v) is 3.47. The van der Waals surface area contributed by atoms with Crippen LogP contribution < -0.4 is 10.1 Å². The van der Waals surface area contributed by atoms with Crippen molar-refractivity contribution in [2.45, 2.75) is 18.4 Å². The standard InChI is InChI=1S/C19H20F2N2O4S/c1-13-8-10-15(12-17(13)28(25,26)23(2)3)22-18(24)11-9-14-6-4-5-7-16(14)27-19(20)21/h4-12,19H,1-3H3,(H,22,24)/b11-9+. The summed E-state index contributed by atoms with van der Waals surface area (Å²) in [7, 11) is -0.825. The maximum atomic E-state index is 12.4. The van der Waals surface area contributed by atoms with Crippen LogP contribution >= 0.6 is 0 Å². The van der Waals surface area contributed by atoms with E-state index in [1.807, 2.05) is 0 Å². The van der Waals surface area contributed by atoms with E-state index in [0.717, 1.165) is 10.4 Å². The molecule has 0 saturated heterocycles. The monoisotopic (exact) mass is 410 g/mol. The topological polar surface area (TPSA) is 75.7 Å². The Morgan fingerprint density at radius 1 is 1.18 bits per heavy atom. The number of hydrogen-bond donors (Lipinski definition) is 1. The first-order chi connectivity index (χ1) is 13.1. The van der Waals surface area contributed by atoms with Crippen LogP contribution in [-0.4, -0.2) is 39.3 Å². The molecule has 0 atom stereocenters. The van der Waals surface area contributed by atoms with Gasteiger partial charge in [-0.2, -0.15) is 8.78 Å². The minimum atomic E-state index is -3.66. The van der Waals surface area contributed by atoms with Gasteiger partial charge in [-0.3, -0.25) is 4.79 Å². The van der Waals surface area contributed by atoms with Crippen LogP contribution in [0.2, 0.25) is 0 Å². The zero-order chi connectivity index (χ0) is 20.9. The van der Waals surface area contributed by atoms with Crippen molar-refractivity contribution in [2.24, 2.45) is 0 Å². The predicted molar refractivity (Wildman–Crippen MR) is 103 cm³/mol. The van der Waals surface area contributed by atoms with Crippen LogP contribution in [0, 0.1) is 6.92 Å². The summed E-state index contributed by atoms with van der Waals surface area (Å²) in [5, 5.41) is 2.55. The van der Waals surface area contributed by atoms with Gasteiger partial charge in [0.1, 0.15) is 5.75 Å². The number of carbonyl (C=O) groups excluding carboxylic acids is 1. The van der Waals surface area contributed by atoms with Crippen molar-refractivity contribution in [3.8, 4) is 5.75 Å². The Balaban J connectivity index is 2.20. The van der Waals surface area contributed by atoms with Crippen molar-refractivity contribution in [3.63, 3.8) is 0 Å². The average molecular weight is 410 g/mol. The molecule has 2 aromatic rings. The van der Waals surface area contributed by atoms with E-state index in [-0.39, 0.29) is 16.3 Å². The molecule has 1 N–H and O–H groups in total. The van der Waals surface area contributed by atoms with Crippen LogP contribution in [-0.2, 0) is 14.8 Å². The highest BCUT2D eigenvalue weighted by molar-refractivity contribution is 7.89. The molecule has 9 heteroatoms. The van der Waals surface area contributed by atoms with Crippen LogP contribution in [0.5, 0.6) is 5.75 Å². The van der Waals surface area contributed by atoms with Gasteiger partial charge in [-0.1, -0.05) is 24.3 Å². The van der Waals surface area contributed by atoms with E-state index >= 15 is 0 Å². The normalized spacial score (nSPS) is 12.0. The molecule has 0 spiro atoms. The number of alkyl halides is 2. The number of sulfonamides is 1. The van der Waals surface area contributed by atoms with Crippen LogP contribution in [0.4, 0.5) is 14.5 Å². The number of ether oxygens (including phenoxy) is 1. The van der Waals surface area contributed by atoms with Gasteiger partial charge in [0.25, 0.3) is 0 Å². The number of rotatable bonds is 7. The minimum absolute atomic E-state index is 0.0590. The summed E-state index contributed by atoms with van der Waals surface area (Å²) in [4.78, 5) is 12.2. The van der Waals surface area contributed by atoms with E-state index in [2.05, 4.69) is 10.1 Å². The van der Waals surface area contributed by atoms with Crippen molar-refractivity contribution in [3.05, 3.63) is 59.7 Å². The summed E-state index contributed by atoms with van der Waals surface area (Å²) in [6.45, 7) is -1.32. The molecule has 28 heavy (non-hydrogen) atoms. The van der Waals surface area contributed by atoms with Gasteiger partial charge >= 0.3 is 6.61 Å². The first-order valence-corrected chi connectivity index (χ1v) is 9.61. The summed E-state index contributed by atoms with van der Waals surface area (Å²) in [5.74, 6) is -0.611. The number of halogens is 2. The van der Waals surface area contributed by atoms with Gasteiger partial charge in [-0.05, 0) is 36.8 Å². The highest BCUT2D eigenvalue weighted by Crippen LogP contribution is 2.23. The Kier molecular flexibility index (Phi) is 6.87. The van der Waals surface area contributed by atoms with E-state index < -0.39 is 22.5 Å². The van der Waals surface area contributed by atoms with Crippen LogP contribution in [0.3, 0.4) is 0 Å². The highest BCUT2D eigenvalue weighted by Gasteiger charge is 2.20. The van der Waals surface area contributed by atoms with E-state index in [0.29, 0.717) is 11.1 Å². The average Bonchev–Trinajstić information content (AvgIpc) is 2.62. The SMILES string of the molecule is Cc1ccc(NC(=O)/C=C/c2ccccc2OC(F)F)cc1S(=O)(=O)N(C)C.